The van der Waals surface area contributed by atoms with Gasteiger partial charge >= 0.3 is 0 Å². The Kier molecular flexibility index (Phi) is 6.61. The van der Waals surface area contributed by atoms with Gasteiger partial charge in [0.15, 0.2) is 0 Å². The molecule has 2 aliphatic heterocycles. The first-order chi connectivity index (χ1) is 16.6. The summed E-state index contributed by atoms with van der Waals surface area (Å²) in [6.07, 6.45) is 7.01. The Hall–Kier alpha value is -2.84. The van der Waals surface area contributed by atoms with Crippen LogP contribution in [0.25, 0.3) is 10.8 Å². The van der Waals surface area contributed by atoms with E-state index in [0.29, 0.717) is 25.1 Å². The van der Waals surface area contributed by atoms with Crippen LogP contribution in [0.5, 0.6) is 0 Å². The molecule has 1 aromatic heterocycles. The molecule has 1 saturated heterocycles. The number of hydrogen-bond donors (Lipinski definition) is 3. The van der Waals surface area contributed by atoms with E-state index < -0.39 is 6.04 Å². The van der Waals surface area contributed by atoms with Gasteiger partial charge in [-0.1, -0.05) is 30.3 Å². The van der Waals surface area contributed by atoms with Gasteiger partial charge in [0.25, 0.3) is 5.91 Å². The quantitative estimate of drug-likeness (QED) is 0.508. The van der Waals surface area contributed by atoms with Gasteiger partial charge in [-0.05, 0) is 54.2 Å². The van der Waals surface area contributed by atoms with E-state index in [1.54, 1.807) is 18.1 Å². The number of likely N-dealkylation sites (tertiary alicyclic amines) is 1. The number of rotatable bonds is 6. The molecule has 0 unspecified atom stereocenters. The van der Waals surface area contributed by atoms with E-state index in [9.17, 15) is 9.59 Å². The maximum atomic E-state index is 13.5. The molecule has 0 saturated carbocycles. The van der Waals surface area contributed by atoms with Gasteiger partial charge in [0.1, 0.15) is 6.04 Å². The second-order valence-electron chi connectivity index (χ2n) is 9.18. The van der Waals surface area contributed by atoms with Crippen LogP contribution in [0.1, 0.15) is 41.0 Å². The maximum absolute atomic E-state index is 13.5. The number of benzene rings is 2. The number of H-pyrrole nitrogens is 1. The van der Waals surface area contributed by atoms with Crippen LogP contribution in [0.3, 0.4) is 0 Å². The number of hydrogen-bond acceptors (Lipinski definition) is 5. The van der Waals surface area contributed by atoms with Gasteiger partial charge < -0.3 is 20.5 Å². The largest absolute Gasteiger partial charge is 0.348 e. The molecule has 0 radical (unpaired) electrons. The summed E-state index contributed by atoms with van der Waals surface area (Å²) in [5, 5.41) is 8.82. The molecule has 5 rings (SSSR count). The van der Waals surface area contributed by atoms with Gasteiger partial charge in [-0.15, -0.1) is 0 Å². The fourth-order valence-corrected chi connectivity index (χ4v) is 5.71. The standard InChI is InChI=1S/C26H31N5O2S/c1-34-15-9-22(30-24(32)20-7-6-18-4-2-3-5-19(18)16-20)25(33)31-13-10-26(11-14-31)23-21(8-12-29-26)27-17-28-23/h2-7,16-17,22,29H,8-15H2,1H3,(H,27,28)(H,30,32)/t22-/m1/s1. The van der Waals surface area contributed by atoms with Crippen molar-refractivity contribution in [2.75, 3.05) is 31.6 Å². The second kappa shape index (κ2) is 9.80. The van der Waals surface area contributed by atoms with Gasteiger partial charge in [-0.25, -0.2) is 4.98 Å². The lowest BCUT2D eigenvalue weighted by molar-refractivity contribution is -0.135. The van der Waals surface area contributed by atoms with Crippen molar-refractivity contribution in [2.45, 2.75) is 37.3 Å². The highest BCUT2D eigenvalue weighted by molar-refractivity contribution is 7.98. The van der Waals surface area contributed by atoms with E-state index in [-0.39, 0.29) is 17.4 Å². The lowest BCUT2D eigenvalue weighted by Crippen LogP contribution is -2.57. The van der Waals surface area contributed by atoms with Crippen molar-refractivity contribution in [1.82, 2.24) is 25.5 Å². The van der Waals surface area contributed by atoms with Gasteiger partial charge in [0, 0.05) is 37.3 Å². The minimum absolute atomic E-state index is 0.0103. The van der Waals surface area contributed by atoms with Crippen molar-refractivity contribution in [1.29, 1.82) is 0 Å². The summed E-state index contributed by atoms with van der Waals surface area (Å²) in [5.41, 5.74) is 2.73. The third kappa shape index (κ3) is 4.44. The van der Waals surface area contributed by atoms with Crippen molar-refractivity contribution >= 4 is 34.3 Å². The van der Waals surface area contributed by atoms with Gasteiger partial charge in [0.2, 0.25) is 5.91 Å². The van der Waals surface area contributed by atoms with Crippen LogP contribution < -0.4 is 10.6 Å². The molecule has 3 aromatic rings. The lowest BCUT2D eigenvalue weighted by Gasteiger charge is -2.44. The van der Waals surface area contributed by atoms with Crippen LogP contribution >= 0.6 is 11.8 Å². The average Bonchev–Trinajstić information content (AvgIpc) is 3.37. The van der Waals surface area contributed by atoms with E-state index in [0.717, 1.165) is 48.0 Å². The molecule has 7 nitrogen and oxygen atoms in total. The summed E-state index contributed by atoms with van der Waals surface area (Å²) in [6.45, 7) is 2.22. The SMILES string of the molecule is CSCC[C@@H](NC(=O)c1ccc2ccccc2c1)C(=O)N1CCC2(CC1)NCCc1[nH]cnc12. The van der Waals surface area contributed by atoms with Crippen molar-refractivity contribution in [3.05, 3.63) is 65.7 Å². The van der Waals surface area contributed by atoms with Crippen molar-refractivity contribution < 1.29 is 9.59 Å². The summed E-state index contributed by atoms with van der Waals surface area (Å²) in [5.74, 6) is 0.620. The van der Waals surface area contributed by atoms with E-state index in [2.05, 4.69) is 20.6 Å². The highest BCUT2D eigenvalue weighted by Crippen LogP contribution is 2.36. The van der Waals surface area contributed by atoms with Gasteiger partial charge in [-0.2, -0.15) is 11.8 Å². The minimum atomic E-state index is -0.527. The zero-order chi connectivity index (χ0) is 23.5. The molecule has 0 bridgehead atoms. The molecule has 8 heteroatoms. The predicted octanol–water partition coefficient (Wildman–Crippen LogP) is 3.08. The molecule has 1 fully saturated rings. The van der Waals surface area contributed by atoms with Crippen molar-refractivity contribution in [3.63, 3.8) is 0 Å². The van der Waals surface area contributed by atoms with Crippen LogP contribution in [0.2, 0.25) is 0 Å². The fourth-order valence-electron chi connectivity index (χ4n) is 5.24. The van der Waals surface area contributed by atoms with Crippen molar-refractivity contribution in [2.24, 2.45) is 0 Å². The summed E-state index contributed by atoms with van der Waals surface area (Å²) in [6, 6.07) is 13.1. The summed E-state index contributed by atoms with van der Waals surface area (Å²) < 4.78 is 0. The lowest BCUT2D eigenvalue weighted by atomic mass is 9.80. The molecule has 3 heterocycles. The van der Waals surface area contributed by atoms with Crippen LogP contribution in [0.4, 0.5) is 0 Å². The Morgan fingerprint density at radius 2 is 1.97 bits per heavy atom. The number of aromatic amines is 1. The monoisotopic (exact) mass is 477 g/mol. The third-order valence-corrected chi connectivity index (χ3v) is 7.81. The number of carbonyl (C=O) groups excluding carboxylic acids is 2. The number of nitrogens with one attached hydrogen (secondary N) is 3. The van der Waals surface area contributed by atoms with Crippen LogP contribution in [-0.2, 0) is 16.8 Å². The number of thioether (sulfide) groups is 1. The minimum Gasteiger partial charge on any atom is -0.348 e. The predicted molar refractivity (Wildman–Crippen MR) is 136 cm³/mol. The van der Waals surface area contributed by atoms with E-state index in [1.807, 2.05) is 53.6 Å². The zero-order valence-corrected chi connectivity index (χ0v) is 20.3. The molecule has 1 spiro atoms. The fraction of sp³-hybridized carbons (Fsp3) is 0.423. The molecule has 2 aromatic carbocycles. The molecule has 178 valence electrons. The summed E-state index contributed by atoms with van der Waals surface area (Å²) >= 11 is 1.69. The topological polar surface area (TPSA) is 90.1 Å². The number of aromatic nitrogens is 2. The Balaban J connectivity index is 1.28. The van der Waals surface area contributed by atoms with Gasteiger partial charge in [-0.3, -0.25) is 9.59 Å². The molecule has 1 atom stereocenters. The van der Waals surface area contributed by atoms with Crippen LogP contribution in [0.15, 0.2) is 48.8 Å². The molecular formula is C26H31N5O2S. The number of fused-ring (bicyclic) bond motifs is 3. The van der Waals surface area contributed by atoms with Crippen molar-refractivity contribution in [3.8, 4) is 0 Å². The first-order valence-corrected chi connectivity index (χ1v) is 13.3. The molecule has 2 amide bonds. The van der Waals surface area contributed by atoms with E-state index in [4.69, 9.17) is 0 Å². The number of nitrogens with zero attached hydrogens (tertiary/aromatic N) is 2. The van der Waals surface area contributed by atoms with E-state index in [1.165, 1.54) is 5.69 Å². The number of amides is 2. The van der Waals surface area contributed by atoms with E-state index >= 15 is 0 Å². The first kappa shape index (κ1) is 22.9. The molecule has 2 aliphatic rings. The Morgan fingerprint density at radius 1 is 1.18 bits per heavy atom. The first-order valence-electron chi connectivity index (χ1n) is 11.9. The van der Waals surface area contributed by atoms with Crippen LogP contribution in [-0.4, -0.2) is 64.4 Å². The average molecular weight is 478 g/mol. The molecule has 3 N–H and O–H groups in total. The number of carbonyl (C=O) groups is 2. The summed E-state index contributed by atoms with van der Waals surface area (Å²) in [4.78, 5) is 36.4. The molecular weight excluding hydrogens is 446 g/mol. The Bertz CT molecular complexity index is 1180. The highest BCUT2D eigenvalue weighted by Gasteiger charge is 2.42. The number of piperidine rings is 1. The van der Waals surface area contributed by atoms with Gasteiger partial charge in [0.05, 0.1) is 17.6 Å². The molecule has 0 aliphatic carbocycles. The second-order valence-corrected chi connectivity index (χ2v) is 10.2. The smallest absolute Gasteiger partial charge is 0.251 e. The Labute approximate surface area is 204 Å². The zero-order valence-electron chi connectivity index (χ0n) is 19.5. The third-order valence-electron chi connectivity index (χ3n) is 7.16. The number of imidazole rings is 1. The summed E-state index contributed by atoms with van der Waals surface area (Å²) in [7, 11) is 0. The molecule has 34 heavy (non-hydrogen) atoms. The Morgan fingerprint density at radius 3 is 2.76 bits per heavy atom. The maximum Gasteiger partial charge on any atom is 0.251 e. The highest BCUT2D eigenvalue weighted by atomic mass is 32.2. The van der Waals surface area contributed by atoms with Crippen LogP contribution in [0, 0.1) is 0 Å². The normalized spacial score (nSPS) is 18.0.